The molecule has 0 radical (unpaired) electrons. The third kappa shape index (κ3) is 3.16. The van der Waals surface area contributed by atoms with Crippen molar-refractivity contribution < 1.29 is 14.2 Å². The topological polar surface area (TPSA) is 39.7 Å². The van der Waals surface area contributed by atoms with Gasteiger partial charge in [-0.1, -0.05) is 0 Å². The van der Waals surface area contributed by atoms with Gasteiger partial charge in [0.2, 0.25) is 0 Å². The summed E-state index contributed by atoms with van der Waals surface area (Å²) in [5.41, 5.74) is 2.45. The van der Waals surface area contributed by atoms with Crippen LogP contribution in [-0.2, 0) is 17.7 Å². The van der Waals surface area contributed by atoms with E-state index in [9.17, 15) is 0 Å². The molecular formula is C17H25NO3. The highest BCUT2D eigenvalue weighted by Gasteiger charge is 2.29. The first-order chi connectivity index (χ1) is 10.2. The second-order valence-corrected chi connectivity index (χ2v) is 6.04. The van der Waals surface area contributed by atoms with Crippen molar-refractivity contribution in [1.82, 2.24) is 5.32 Å². The van der Waals surface area contributed by atoms with Crippen LogP contribution < -0.4 is 14.8 Å². The Balaban J connectivity index is 1.67. The van der Waals surface area contributed by atoms with Crippen LogP contribution in [0, 0.1) is 0 Å². The predicted molar refractivity (Wildman–Crippen MR) is 82.1 cm³/mol. The van der Waals surface area contributed by atoms with Crippen molar-refractivity contribution in [3.63, 3.8) is 0 Å². The highest BCUT2D eigenvalue weighted by Crippen LogP contribution is 2.35. The first kappa shape index (κ1) is 14.7. The van der Waals surface area contributed by atoms with E-state index in [2.05, 4.69) is 24.4 Å². The Labute approximate surface area is 126 Å². The van der Waals surface area contributed by atoms with E-state index < -0.39 is 0 Å². The van der Waals surface area contributed by atoms with Crippen molar-refractivity contribution in [3.05, 3.63) is 23.3 Å². The number of fused-ring (bicyclic) bond motifs is 1. The molecule has 0 amide bonds. The SMILES string of the molecule is CCOc1cc2c(cc1CNC1CC(OC)C1)OC(C)C2. The fourth-order valence-electron chi connectivity index (χ4n) is 3.09. The second-order valence-electron chi connectivity index (χ2n) is 6.04. The van der Waals surface area contributed by atoms with E-state index in [0.29, 0.717) is 18.8 Å². The van der Waals surface area contributed by atoms with Crippen LogP contribution in [-0.4, -0.2) is 32.0 Å². The van der Waals surface area contributed by atoms with Gasteiger partial charge in [-0.2, -0.15) is 0 Å². The largest absolute Gasteiger partial charge is 0.494 e. The fourth-order valence-corrected chi connectivity index (χ4v) is 3.09. The molecule has 1 aliphatic carbocycles. The molecule has 116 valence electrons. The maximum absolute atomic E-state index is 5.86. The lowest BCUT2D eigenvalue weighted by molar-refractivity contribution is 0.0169. The summed E-state index contributed by atoms with van der Waals surface area (Å²) in [6, 6.07) is 4.85. The molecule has 2 aliphatic rings. The predicted octanol–water partition coefficient (Wildman–Crippen LogP) is 2.68. The first-order valence-corrected chi connectivity index (χ1v) is 7.91. The van der Waals surface area contributed by atoms with Crippen LogP contribution in [0.2, 0.25) is 0 Å². The van der Waals surface area contributed by atoms with Crippen molar-refractivity contribution in [2.24, 2.45) is 0 Å². The van der Waals surface area contributed by atoms with Crippen LogP contribution in [0.5, 0.6) is 11.5 Å². The molecule has 1 fully saturated rings. The molecule has 1 aliphatic heterocycles. The summed E-state index contributed by atoms with van der Waals surface area (Å²) in [5.74, 6) is 2.01. The second kappa shape index (κ2) is 6.24. The van der Waals surface area contributed by atoms with Crippen molar-refractivity contribution in [1.29, 1.82) is 0 Å². The van der Waals surface area contributed by atoms with Gasteiger partial charge in [0, 0.05) is 37.2 Å². The number of methoxy groups -OCH3 is 1. The summed E-state index contributed by atoms with van der Waals surface area (Å²) in [7, 11) is 1.78. The third-order valence-corrected chi connectivity index (χ3v) is 4.39. The molecule has 4 nitrogen and oxygen atoms in total. The summed E-state index contributed by atoms with van der Waals surface area (Å²) >= 11 is 0. The van der Waals surface area contributed by atoms with Crippen molar-refractivity contribution in [2.45, 2.75) is 57.9 Å². The molecule has 3 rings (SSSR count). The van der Waals surface area contributed by atoms with Gasteiger partial charge in [0.25, 0.3) is 0 Å². The molecule has 1 aromatic carbocycles. The van der Waals surface area contributed by atoms with Gasteiger partial charge in [0.05, 0.1) is 12.7 Å². The standard InChI is InChI=1S/C17H25NO3/c1-4-20-16-6-12-5-11(2)21-17(12)7-13(16)10-18-14-8-15(9-14)19-3/h6-7,11,14-15,18H,4-5,8-10H2,1-3H3. The summed E-state index contributed by atoms with van der Waals surface area (Å²) in [6.07, 6.45) is 3.86. The fraction of sp³-hybridized carbons (Fsp3) is 0.647. The van der Waals surface area contributed by atoms with E-state index in [-0.39, 0.29) is 6.10 Å². The molecule has 0 saturated heterocycles. The zero-order valence-electron chi connectivity index (χ0n) is 13.1. The van der Waals surface area contributed by atoms with Gasteiger partial charge in [-0.05, 0) is 38.8 Å². The average Bonchev–Trinajstić information content (AvgIpc) is 2.76. The highest BCUT2D eigenvalue weighted by molar-refractivity contribution is 5.48. The van der Waals surface area contributed by atoms with Crippen LogP contribution in [0.25, 0.3) is 0 Å². The molecule has 1 N–H and O–H groups in total. The van der Waals surface area contributed by atoms with Gasteiger partial charge in [0.15, 0.2) is 0 Å². The number of benzene rings is 1. The monoisotopic (exact) mass is 291 g/mol. The molecule has 1 aromatic rings. The van der Waals surface area contributed by atoms with Crippen LogP contribution in [0.15, 0.2) is 12.1 Å². The Morgan fingerprint density at radius 3 is 2.86 bits per heavy atom. The summed E-state index contributed by atoms with van der Waals surface area (Å²) in [4.78, 5) is 0. The lowest BCUT2D eigenvalue weighted by Gasteiger charge is -2.35. The molecule has 1 atom stereocenters. The van der Waals surface area contributed by atoms with Crippen LogP contribution >= 0.6 is 0 Å². The van der Waals surface area contributed by atoms with Gasteiger partial charge in [0.1, 0.15) is 17.6 Å². The summed E-state index contributed by atoms with van der Waals surface area (Å²) in [6.45, 7) is 5.65. The zero-order chi connectivity index (χ0) is 14.8. The molecule has 1 unspecified atom stereocenters. The minimum Gasteiger partial charge on any atom is -0.494 e. The normalized spacial score (nSPS) is 26.9. The molecule has 1 heterocycles. The van der Waals surface area contributed by atoms with Crippen LogP contribution in [0.3, 0.4) is 0 Å². The van der Waals surface area contributed by atoms with Crippen LogP contribution in [0.1, 0.15) is 37.8 Å². The van der Waals surface area contributed by atoms with Crippen molar-refractivity contribution in [2.75, 3.05) is 13.7 Å². The zero-order valence-corrected chi connectivity index (χ0v) is 13.1. The average molecular weight is 291 g/mol. The van der Waals surface area contributed by atoms with Gasteiger partial charge in [-0.25, -0.2) is 0 Å². The smallest absolute Gasteiger partial charge is 0.124 e. The first-order valence-electron chi connectivity index (χ1n) is 7.91. The molecular weight excluding hydrogens is 266 g/mol. The molecule has 1 saturated carbocycles. The number of hydrogen-bond donors (Lipinski definition) is 1. The number of rotatable bonds is 6. The van der Waals surface area contributed by atoms with E-state index in [1.807, 2.05) is 6.92 Å². The van der Waals surface area contributed by atoms with E-state index in [1.165, 1.54) is 11.1 Å². The third-order valence-electron chi connectivity index (χ3n) is 4.39. The lowest BCUT2D eigenvalue weighted by Crippen LogP contribution is -2.44. The Kier molecular flexibility index (Phi) is 4.36. The Morgan fingerprint density at radius 2 is 2.14 bits per heavy atom. The van der Waals surface area contributed by atoms with Crippen LogP contribution in [0.4, 0.5) is 0 Å². The molecule has 0 bridgehead atoms. The number of ether oxygens (including phenoxy) is 3. The quantitative estimate of drug-likeness (QED) is 0.875. The van der Waals surface area contributed by atoms with E-state index in [1.54, 1.807) is 7.11 Å². The minimum absolute atomic E-state index is 0.270. The van der Waals surface area contributed by atoms with Crippen molar-refractivity contribution in [3.8, 4) is 11.5 Å². The van der Waals surface area contributed by atoms with Gasteiger partial charge in [-0.3, -0.25) is 0 Å². The maximum Gasteiger partial charge on any atom is 0.124 e. The number of nitrogens with one attached hydrogen (secondary N) is 1. The van der Waals surface area contributed by atoms with E-state index in [4.69, 9.17) is 14.2 Å². The lowest BCUT2D eigenvalue weighted by atomic mass is 9.89. The van der Waals surface area contributed by atoms with Gasteiger partial charge in [-0.15, -0.1) is 0 Å². The summed E-state index contributed by atoms with van der Waals surface area (Å²) in [5, 5.41) is 3.59. The van der Waals surface area contributed by atoms with Crippen molar-refractivity contribution >= 4 is 0 Å². The molecule has 4 heteroatoms. The minimum atomic E-state index is 0.270. The Bertz CT molecular complexity index is 497. The van der Waals surface area contributed by atoms with E-state index in [0.717, 1.165) is 37.3 Å². The Morgan fingerprint density at radius 1 is 1.33 bits per heavy atom. The Hall–Kier alpha value is -1.26. The maximum atomic E-state index is 5.86. The number of hydrogen-bond acceptors (Lipinski definition) is 4. The summed E-state index contributed by atoms with van der Waals surface area (Å²) < 4.78 is 17.0. The molecule has 0 spiro atoms. The highest BCUT2D eigenvalue weighted by atomic mass is 16.5. The van der Waals surface area contributed by atoms with Gasteiger partial charge < -0.3 is 19.5 Å². The molecule has 21 heavy (non-hydrogen) atoms. The molecule has 0 aromatic heterocycles. The van der Waals surface area contributed by atoms with Gasteiger partial charge >= 0.3 is 0 Å². The van der Waals surface area contributed by atoms with E-state index >= 15 is 0 Å².